The van der Waals surface area contributed by atoms with Crippen LogP contribution in [0.4, 0.5) is 0 Å². The van der Waals surface area contributed by atoms with E-state index in [1.165, 1.54) is 0 Å². The Labute approximate surface area is 99.2 Å². The third kappa shape index (κ3) is 2.76. The zero-order valence-corrected chi connectivity index (χ0v) is 9.98. The van der Waals surface area contributed by atoms with Crippen LogP contribution >= 0.6 is 23.4 Å². The predicted octanol–water partition coefficient (Wildman–Crippen LogP) is 3.20. The number of halogens is 1. The monoisotopic (exact) mass is 240 g/mol. The summed E-state index contributed by atoms with van der Waals surface area (Å²) in [6.45, 7) is 0. The number of hydrogen-bond acceptors (Lipinski definition) is 2. The Morgan fingerprint density at radius 3 is 2.93 bits per heavy atom. The zero-order valence-electron chi connectivity index (χ0n) is 8.41. The maximum atomic E-state index is 11.9. The van der Waals surface area contributed by atoms with Gasteiger partial charge in [0.2, 0.25) is 0 Å². The third-order valence-electron chi connectivity index (χ3n) is 2.71. The first kappa shape index (κ1) is 11.0. The van der Waals surface area contributed by atoms with Gasteiger partial charge in [-0.2, -0.15) is 11.8 Å². The molecule has 0 amide bonds. The highest BCUT2D eigenvalue weighted by atomic mass is 35.5. The summed E-state index contributed by atoms with van der Waals surface area (Å²) in [5.74, 6) is 2.71. The van der Waals surface area contributed by atoms with Gasteiger partial charge in [-0.3, -0.25) is 4.79 Å². The maximum absolute atomic E-state index is 11.9. The Morgan fingerprint density at radius 2 is 2.27 bits per heavy atom. The Morgan fingerprint density at radius 1 is 1.47 bits per heavy atom. The highest BCUT2D eigenvalue weighted by Gasteiger charge is 2.23. The number of ketones is 1. The molecule has 1 aliphatic rings. The number of rotatable bonds is 3. The lowest BCUT2D eigenvalue weighted by Crippen LogP contribution is -2.16. The summed E-state index contributed by atoms with van der Waals surface area (Å²) in [5, 5.41) is 0.705. The molecule has 1 fully saturated rings. The number of benzene rings is 1. The topological polar surface area (TPSA) is 17.1 Å². The van der Waals surface area contributed by atoms with E-state index in [2.05, 4.69) is 0 Å². The molecular formula is C12H13ClOS. The van der Waals surface area contributed by atoms with Crippen LogP contribution in [0.2, 0.25) is 5.02 Å². The van der Waals surface area contributed by atoms with Crippen LogP contribution in [0.15, 0.2) is 24.3 Å². The van der Waals surface area contributed by atoms with Gasteiger partial charge in [-0.05, 0) is 23.8 Å². The number of carbonyl (C=O) groups excluding carboxylic acids is 1. The van der Waals surface area contributed by atoms with Crippen molar-refractivity contribution in [2.45, 2.75) is 12.8 Å². The van der Waals surface area contributed by atoms with Crippen molar-refractivity contribution < 1.29 is 4.79 Å². The summed E-state index contributed by atoms with van der Waals surface area (Å²) in [6, 6.07) is 7.59. The average Bonchev–Trinajstić information content (AvgIpc) is 2.74. The Kier molecular flexibility index (Phi) is 3.71. The lowest BCUT2D eigenvalue weighted by atomic mass is 9.97. The molecule has 15 heavy (non-hydrogen) atoms. The zero-order chi connectivity index (χ0) is 10.7. The molecule has 1 saturated heterocycles. The Balaban J connectivity index is 2.02. The molecular weight excluding hydrogens is 228 g/mol. The third-order valence-corrected chi connectivity index (χ3v) is 4.24. The lowest BCUT2D eigenvalue weighted by Gasteiger charge is -2.07. The van der Waals surface area contributed by atoms with Crippen LogP contribution in [-0.4, -0.2) is 17.3 Å². The van der Waals surface area contributed by atoms with E-state index < -0.39 is 0 Å². The quantitative estimate of drug-likeness (QED) is 0.807. The second-order valence-electron chi connectivity index (χ2n) is 3.80. The molecule has 1 unspecified atom stereocenters. The van der Waals surface area contributed by atoms with Gasteiger partial charge in [-0.1, -0.05) is 29.8 Å². The molecule has 2 rings (SSSR count). The molecule has 80 valence electrons. The molecule has 1 nitrogen and oxygen atoms in total. The summed E-state index contributed by atoms with van der Waals surface area (Å²) < 4.78 is 0. The van der Waals surface area contributed by atoms with Crippen LogP contribution in [-0.2, 0) is 11.2 Å². The van der Waals surface area contributed by atoms with Crippen LogP contribution in [0.1, 0.15) is 12.0 Å². The van der Waals surface area contributed by atoms with E-state index >= 15 is 0 Å². The van der Waals surface area contributed by atoms with Crippen LogP contribution in [0.25, 0.3) is 0 Å². The fraction of sp³-hybridized carbons (Fsp3) is 0.417. The van der Waals surface area contributed by atoms with Gasteiger partial charge in [0.15, 0.2) is 0 Å². The van der Waals surface area contributed by atoms with E-state index in [0.717, 1.165) is 23.5 Å². The summed E-state index contributed by atoms with van der Waals surface area (Å²) in [4.78, 5) is 11.9. The number of hydrogen-bond donors (Lipinski definition) is 0. The first-order valence-electron chi connectivity index (χ1n) is 5.11. The largest absolute Gasteiger partial charge is 0.299 e. The van der Waals surface area contributed by atoms with Crippen molar-refractivity contribution in [2.24, 2.45) is 5.92 Å². The van der Waals surface area contributed by atoms with Crippen LogP contribution < -0.4 is 0 Å². The van der Waals surface area contributed by atoms with E-state index in [1.807, 2.05) is 36.0 Å². The predicted molar refractivity (Wildman–Crippen MR) is 65.6 cm³/mol. The van der Waals surface area contributed by atoms with Crippen molar-refractivity contribution in [3.63, 3.8) is 0 Å². The van der Waals surface area contributed by atoms with Gasteiger partial charge in [0.25, 0.3) is 0 Å². The van der Waals surface area contributed by atoms with Gasteiger partial charge in [-0.15, -0.1) is 0 Å². The van der Waals surface area contributed by atoms with Gasteiger partial charge >= 0.3 is 0 Å². The number of carbonyl (C=O) groups is 1. The highest BCUT2D eigenvalue weighted by Crippen LogP contribution is 2.26. The minimum absolute atomic E-state index is 0.256. The van der Waals surface area contributed by atoms with Gasteiger partial charge in [0, 0.05) is 23.1 Å². The van der Waals surface area contributed by atoms with Crippen molar-refractivity contribution in [1.29, 1.82) is 0 Å². The molecule has 1 aliphatic heterocycles. The van der Waals surface area contributed by atoms with Crippen molar-refractivity contribution in [3.05, 3.63) is 34.9 Å². The molecule has 0 aromatic heterocycles. The van der Waals surface area contributed by atoms with Gasteiger partial charge in [-0.25, -0.2) is 0 Å². The molecule has 1 atom stereocenters. The molecule has 1 aromatic rings. The maximum Gasteiger partial charge on any atom is 0.141 e. The summed E-state index contributed by atoms with van der Waals surface area (Å²) in [6.07, 6.45) is 1.53. The molecule has 0 aliphatic carbocycles. The normalized spacial score (nSPS) is 20.5. The highest BCUT2D eigenvalue weighted by molar-refractivity contribution is 7.99. The number of Topliss-reactive ketones (excluding diaryl/α,β-unsaturated/α-hetero) is 1. The SMILES string of the molecule is O=C(Cc1ccccc1Cl)C1CCSC1. The fourth-order valence-corrected chi connectivity index (χ4v) is 3.22. The molecule has 3 heteroatoms. The molecule has 0 saturated carbocycles. The lowest BCUT2D eigenvalue weighted by molar-refractivity contribution is -0.121. The van der Waals surface area contributed by atoms with E-state index in [0.29, 0.717) is 17.2 Å². The average molecular weight is 241 g/mol. The van der Waals surface area contributed by atoms with Gasteiger partial charge in [0.1, 0.15) is 5.78 Å². The summed E-state index contributed by atoms with van der Waals surface area (Å²) in [7, 11) is 0. The minimum atomic E-state index is 0.256. The standard InChI is InChI=1S/C12H13ClOS/c13-11-4-2-1-3-9(11)7-12(14)10-5-6-15-8-10/h1-4,10H,5-8H2. The van der Waals surface area contributed by atoms with Gasteiger partial charge in [0.05, 0.1) is 0 Å². The molecule has 1 heterocycles. The molecule has 0 spiro atoms. The van der Waals surface area contributed by atoms with Crippen LogP contribution in [0.5, 0.6) is 0 Å². The molecule has 0 bridgehead atoms. The smallest absolute Gasteiger partial charge is 0.141 e. The summed E-state index contributed by atoms with van der Waals surface area (Å²) in [5.41, 5.74) is 0.959. The minimum Gasteiger partial charge on any atom is -0.299 e. The second kappa shape index (κ2) is 5.04. The Hall–Kier alpha value is -0.470. The van der Waals surface area contributed by atoms with Crippen LogP contribution in [0.3, 0.4) is 0 Å². The molecule has 1 aromatic carbocycles. The molecule has 0 radical (unpaired) electrons. The first-order valence-corrected chi connectivity index (χ1v) is 6.64. The van der Waals surface area contributed by atoms with E-state index in [4.69, 9.17) is 11.6 Å². The van der Waals surface area contributed by atoms with Crippen molar-refractivity contribution in [3.8, 4) is 0 Å². The summed E-state index contributed by atoms with van der Waals surface area (Å²) >= 11 is 7.89. The van der Waals surface area contributed by atoms with Crippen molar-refractivity contribution in [2.75, 3.05) is 11.5 Å². The van der Waals surface area contributed by atoms with E-state index in [9.17, 15) is 4.79 Å². The van der Waals surface area contributed by atoms with Crippen LogP contribution in [0, 0.1) is 5.92 Å². The Bertz CT molecular complexity index is 358. The fourth-order valence-electron chi connectivity index (χ4n) is 1.76. The number of thioether (sulfide) groups is 1. The van der Waals surface area contributed by atoms with E-state index in [1.54, 1.807) is 0 Å². The van der Waals surface area contributed by atoms with Crippen molar-refractivity contribution in [1.82, 2.24) is 0 Å². The second-order valence-corrected chi connectivity index (χ2v) is 5.35. The first-order chi connectivity index (χ1) is 7.27. The van der Waals surface area contributed by atoms with Crippen molar-refractivity contribution >= 4 is 29.1 Å². The molecule has 0 N–H and O–H groups in total. The van der Waals surface area contributed by atoms with Gasteiger partial charge < -0.3 is 0 Å². The van der Waals surface area contributed by atoms with E-state index in [-0.39, 0.29) is 5.92 Å².